The topological polar surface area (TPSA) is 209 Å². The highest BCUT2D eigenvalue weighted by atomic mass is 35.5. The lowest BCUT2D eigenvalue weighted by Crippen LogP contribution is -2.53. The minimum absolute atomic E-state index is 0.0316. The summed E-state index contributed by atoms with van der Waals surface area (Å²) in [5, 5.41) is 2.75. The molecule has 5 N–H and O–H groups in total. The minimum Gasteiger partial charge on any atom is -0.755 e. The molecule has 1 saturated heterocycles. The van der Waals surface area contributed by atoms with E-state index in [4.69, 9.17) is 26.8 Å². The van der Waals surface area contributed by atoms with E-state index >= 15 is 0 Å². The number of hydrogen-bond donors (Lipinski definition) is 4. The van der Waals surface area contributed by atoms with E-state index in [2.05, 4.69) is 10.0 Å². The Hall–Kier alpha value is -3.28. The second-order valence-corrected chi connectivity index (χ2v) is 13.0. The molecule has 0 saturated carbocycles. The summed E-state index contributed by atoms with van der Waals surface area (Å²) in [4.78, 5) is 40.1. The van der Waals surface area contributed by atoms with Gasteiger partial charge in [-0.05, 0) is 57.7 Å². The van der Waals surface area contributed by atoms with Crippen LogP contribution in [0.4, 0.5) is 11.4 Å². The maximum atomic E-state index is 13.7. The van der Waals surface area contributed by atoms with Crippen LogP contribution in [0, 0.1) is 0 Å². The number of aryl methyl sites for hydroxylation is 1. The Labute approximate surface area is 269 Å². The van der Waals surface area contributed by atoms with Crippen molar-refractivity contribution in [3.8, 4) is 0 Å². The monoisotopic (exact) mass is 686 g/mol. The van der Waals surface area contributed by atoms with E-state index in [1.54, 1.807) is 20.8 Å². The molecule has 3 unspecified atom stereocenters. The summed E-state index contributed by atoms with van der Waals surface area (Å²) in [5.41, 5.74) is 6.45. The summed E-state index contributed by atoms with van der Waals surface area (Å²) >= 11 is 3.36. The van der Waals surface area contributed by atoms with Crippen molar-refractivity contribution < 1.29 is 41.0 Å². The summed E-state index contributed by atoms with van der Waals surface area (Å²) in [6, 6.07) is 7.68. The number of nitrogen functional groups attached to an aromatic ring is 1. The van der Waals surface area contributed by atoms with Gasteiger partial charge in [-0.25, -0.2) is 17.9 Å². The summed E-state index contributed by atoms with van der Waals surface area (Å²) in [7, 11) is -4.40. The zero-order chi connectivity index (χ0) is 33.3. The van der Waals surface area contributed by atoms with Crippen molar-refractivity contribution >= 4 is 62.1 Å². The van der Waals surface area contributed by atoms with Crippen molar-refractivity contribution in [3.05, 3.63) is 53.1 Å². The number of likely N-dealkylation sites (tertiary alicyclic amines) is 1. The lowest BCUT2D eigenvalue weighted by atomic mass is 10.0. The van der Waals surface area contributed by atoms with Gasteiger partial charge >= 0.3 is 11.9 Å². The van der Waals surface area contributed by atoms with Gasteiger partial charge in [0.2, 0.25) is 15.9 Å². The number of amides is 1. The standard InChI is InChI=1S/C28H38ClN5O9S2/c1-4-42-27(36)22(12-11-18-9-7-6-8-10-18)31-17(3)26(35)34-16-19(13-24(34)28(37)43-5-2)33-45(40,41)25-15-23(32-44(38)39)21(30)14-20(25)29/h6-10,14-15,17,19,22,24,31-33H,4-5,11-13,16,30H2,1-3H3,(H,38,39)/p-1/t17?,19?,22-,24-/m0/s1. The molecule has 5 atom stereocenters. The van der Waals surface area contributed by atoms with Gasteiger partial charge in [-0.15, -0.1) is 0 Å². The maximum Gasteiger partial charge on any atom is 0.328 e. The number of nitrogens with one attached hydrogen (secondary N) is 3. The van der Waals surface area contributed by atoms with Gasteiger partial charge in [-0.3, -0.25) is 19.1 Å². The Morgan fingerprint density at radius 1 is 1.16 bits per heavy atom. The van der Waals surface area contributed by atoms with Crippen LogP contribution >= 0.6 is 11.6 Å². The Kier molecular flexibility index (Phi) is 13.1. The molecule has 14 nitrogen and oxygen atoms in total. The van der Waals surface area contributed by atoms with Gasteiger partial charge in [0.05, 0.1) is 35.7 Å². The van der Waals surface area contributed by atoms with Crippen LogP contribution in [-0.4, -0.2) is 83.9 Å². The van der Waals surface area contributed by atoms with E-state index in [9.17, 15) is 31.6 Å². The SMILES string of the molecule is CCOC(=O)[C@H](CCc1ccccc1)NC(C)C(=O)N1CC(NS(=O)(=O)c2cc(NS(=O)[O-])c(N)cc2Cl)C[C@H]1C(=O)OCC. The molecular weight excluding hydrogens is 650 g/mol. The molecule has 0 aromatic heterocycles. The summed E-state index contributed by atoms with van der Waals surface area (Å²) in [6.07, 6.45) is 0.754. The molecule has 248 valence electrons. The number of hydrogen-bond acceptors (Lipinski definition) is 11. The number of ether oxygens (including phenoxy) is 2. The maximum absolute atomic E-state index is 13.7. The number of sulfonamides is 1. The van der Waals surface area contributed by atoms with Crippen molar-refractivity contribution in [1.82, 2.24) is 14.9 Å². The van der Waals surface area contributed by atoms with Crippen LogP contribution in [0.3, 0.4) is 0 Å². The first kappa shape index (κ1) is 36.2. The first-order valence-electron chi connectivity index (χ1n) is 14.2. The zero-order valence-electron chi connectivity index (χ0n) is 25.0. The third-order valence-electron chi connectivity index (χ3n) is 7.01. The van der Waals surface area contributed by atoms with Gasteiger partial charge in [0.1, 0.15) is 17.0 Å². The summed E-state index contributed by atoms with van der Waals surface area (Å²) in [6.45, 7) is 4.79. The lowest BCUT2D eigenvalue weighted by Gasteiger charge is -2.28. The first-order valence-corrected chi connectivity index (χ1v) is 17.1. The van der Waals surface area contributed by atoms with Crippen molar-refractivity contribution in [1.29, 1.82) is 0 Å². The van der Waals surface area contributed by atoms with Crippen molar-refractivity contribution in [2.45, 2.75) is 69.1 Å². The van der Waals surface area contributed by atoms with Gasteiger partial charge in [-0.2, -0.15) is 0 Å². The Balaban J connectivity index is 1.80. The predicted molar refractivity (Wildman–Crippen MR) is 167 cm³/mol. The number of anilines is 2. The second-order valence-electron chi connectivity index (χ2n) is 10.2. The van der Waals surface area contributed by atoms with Crippen molar-refractivity contribution in [3.63, 3.8) is 0 Å². The predicted octanol–water partition coefficient (Wildman–Crippen LogP) is 1.48. The van der Waals surface area contributed by atoms with Gasteiger partial charge in [0, 0.05) is 23.9 Å². The molecule has 1 aliphatic rings. The third kappa shape index (κ3) is 9.85. The van der Waals surface area contributed by atoms with Crippen LogP contribution in [-0.2, 0) is 51.6 Å². The van der Waals surface area contributed by atoms with Crippen LogP contribution < -0.4 is 20.5 Å². The highest BCUT2D eigenvalue weighted by molar-refractivity contribution is 7.89. The molecule has 0 radical (unpaired) electrons. The fraction of sp³-hybridized carbons (Fsp3) is 0.464. The summed E-state index contributed by atoms with van der Waals surface area (Å²) in [5.74, 6) is -1.81. The number of benzene rings is 2. The molecule has 0 aliphatic carbocycles. The molecule has 17 heteroatoms. The van der Waals surface area contributed by atoms with Gasteiger partial charge < -0.3 is 29.4 Å². The normalized spacial score (nSPS) is 18.6. The molecular formula is C28H37ClN5O9S2-. The highest BCUT2D eigenvalue weighted by Gasteiger charge is 2.43. The number of rotatable bonds is 15. The van der Waals surface area contributed by atoms with Crippen LogP contribution in [0.1, 0.15) is 39.2 Å². The molecule has 1 heterocycles. The van der Waals surface area contributed by atoms with Crippen molar-refractivity contribution in [2.75, 3.05) is 30.2 Å². The fourth-order valence-electron chi connectivity index (χ4n) is 4.95. The third-order valence-corrected chi connectivity index (χ3v) is 9.38. The molecule has 0 spiro atoms. The van der Waals surface area contributed by atoms with Gasteiger partial charge in [0.15, 0.2) is 0 Å². The van der Waals surface area contributed by atoms with E-state index < -0.39 is 68.2 Å². The van der Waals surface area contributed by atoms with E-state index in [1.807, 2.05) is 35.1 Å². The molecule has 1 amide bonds. The van der Waals surface area contributed by atoms with Crippen molar-refractivity contribution in [2.24, 2.45) is 0 Å². The largest absolute Gasteiger partial charge is 0.755 e. The molecule has 45 heavy (non-hydrogen) atoms. The number of esters is 2. The van der Waals surface area contributed by atoms with Crippen LogP contribution in [0.2, 0.25) is 5.02 Å². The molecule has 2 aromatic carbocycles. The number of halogens is 1. The zero-order valence-corrected chi connectivity index (χ0v) is 27.4. The average Bonchev–Trinajstić information content (AvgIpc) is 3.39. The number of carbonyl (C=O) groups is 3. The number of nitrogens with two attached hydrogens (primary N) is 1. The Morgan fingerprint density at radius 3 is 2.44 bits per heavy atom. The number of carbonyl (C=O) groups excluding carboxylic acids is 3. The van der Waals surface area contributed by atoms with E-state index in [0.717, 1.165) is 17.7 Å². The Morgan fingerprint density at radius 2 is 1.82 bits per heavy atom. The summed E-state index contributed by atoms with van der Waals surface area (Å²) < 4.78 is 63.8. The first-order chi connectivity index (χ1) is 21.3. The lowest BCUT2D eigenvalue weighted by molar-refractivity contribution is -0.154. The Bertz CT molecular complexity index is 1500. The minimum atomic E-state index is -4.40. The van der Waals surface area contributed by atoms with Crippen LogP contribution in [0.25, 0.3) is 0 Å². The fourth-order valence-corrected chi connectivity index (χ4v) is 7.11. The van der Waals surface area contributed by atoms with Gasteiger partial charge in [-0.1, -0.05) is 41.9 Å². The number of nitrogens with zero attached hydrogens (tertiary/aromatic N) is 1. The molecule has 1 fully saturated rings. The molecule has 0 bridgehead atoms. The van der Waals surface area contributed by atoms with Crippen LogP contribution in [0.15, 0.2) is 47.4 Å². The molecule has 2 aromatic rings. The molecule has 3 rings (SSSR count). The highest BCUT2D eigenvalue weighted by Crippen LogP contribution is 2.32. The van der Waals surface area contributed by atoms with Gasteiger partial charge in [0.25, 0.3) is 0 Å². The van der Waals surface area contributed by atoms with E-state index in [0.29, 0.717) is 12.8 Å². The smallest absolute Gasteiger partial charge is 0.328 e. The second kappa shape index (κ2) is 16.3. The molecule has 1 aliphatic heterocycles. The van der Waals surface area contributed by atoms with E-state index in [-0.39, 0.29) is 42.6 Å². The quantitative estimate of drug-likeness (QED) is 0.120. The van der Waals surface area contributed by atoms with Crippen LogP contribution in [0.5, 0.6) is 0 Å². The average molecular weight is 687 g/mol. The van der Waals surface area contributed by atoms with E-state index in [1.165, 1.54) is 4.90 Å².